The maximum absolute atomic E-state index is 12.2. The molecule has 0 aromatic heterocycles. The maximum atomic E-state index is 12.2. The molecule has 3 amide bonds. The van der Waals surface area contributed by atoms with E-state index in [1.807, 2.05) is 19.1 Å². The summed E-state index contributed by atoms with van der Waals surface area (Å²) in [6.07, 6.45) is 0.468. The van der Waals surface area contributed by atoms with Crippen molar-refractivity contribution in [3.63, 3.8) is 0 Å². The smallest absolute Gasteiger partial charge is 0.412 e. The van der Waals surface area contributed by atoms with Crippen molar-refractivity contribution in [1.29, 1.82) is 0 Å². The molecule has 0 heterocycles. The fraction of sp³-hybridized carbons (Fsp3) is 0.364. The van der Waals surface area contributed by atoms with Crippen molar-refractivity contribution in [1.82, 2.24) is 5.32 Å². The summed E-state index contributed by atoms with van der Waals surface area (Å²) in [5.74, 6) is 0. The molecule has 2 rings (SSSR count). The summed E-state index contributed by atoms with van der Waals surface area (Å²) >= 11 is 0. The first-order valence-corrected chi connectivity index (χ1v) is 9.42. The highest BCUT2D eigenvalue weighted by Gasteiger charge is 2.16. The van der Waals surface area contributed by atoms with Crippen molar-refractivity contribution < 1.29 is 14.3 Å². The molecule has 2 aromatic rings. The van der Waals surface area contributed by atoms with E-state index < -0.39 is 11.7 Å². The van der Waals surface area contributed by atoms with E-state index in [9.17, 15) is 9.59 Å². The van der Waals surface area contributed by atoms with Gasteiger partial charge in [0.1, 0.15) is 5.60 Å². The fourth-order valence-electron chi connectivity index (χ4n) is 2.55. The average Bonchev–Trinajstić information content (AvgIpc) is 2.61. The molecule has 6 heteroatoms. The number of carbonyl (C=O) groups excluding carboxylic acids is 2. The highest BCUT2D eigenvalue weighted by atomic mass is 16.6. The molecule has 0 radical (unpaired) electrons. The minimum Gasteiger partial charge on any atom is -0.444 e. The molecule has 0 aliphatic heterocycles. The molecule has 0 aliphatic carbocycles. The number of amides is 3. The van der Waals surface area contributed by atoms with Crippen LogP contribution in [-0.4, -0.2) is 17.7 Å². The van der Waals surface area contributed by atoms with Crippen LogP contribution < -0.4 is 16.0 Å². The molecule has 3 N–H and O–H groups in total. The van der Waals surface area contributed by atoms with Crippen LogP contribution in [0.25, 0.3) is 0 Å². The fourth-order valence-corrected chi connectivity index (χ4v) is 2.55. The van der Waals surface area contributed by atoms with Crippen LogP contribution in [0.2, 0.25) is 0 Å². The Labute approximate surface area is 166 Å². The summed E-state index contributed by atoms with van der Waals surface area (Å²) in [6, 6.07) is 14.6. The third-order valence-corrected chi connectivity index (χ3v) is 4.02. The van der Waals surface area contributed by atoms with E-state index in [-0.39, 0.29) is 12.1 Å². The Morgan fingerprint density at radius 3 is 1.96 bits per heavy atom. The number of rotatable bonds is 5. The monoisotopic (exact) mass is 383 g/mol. The zero-order valence-corrected chi connectivity index (χ0v) is 17.1. The lowest BCUT2D eigenvalue weighted by atomic mass is 10.1. The number of hydrogen-bond donors (Lipinski definition) is 3. The molecule has 0 bridgehead atoms. The summed E-state index contributed by atoms with van der Waals surface area (Å²) in [4.78, 5) is 24.0. The maximum Gasteiger partial charge on any atom is 0.412 e. The Bertz CT molecular complexity index is 793. The zero-order chi connectivity index (χ0) is 20.7. The summed E-state index contributed by atoms with van der Waals surface area (Å²) in [6.45, 7) is 9.46. The van der Waals surface area contributed by atoms with Crippen LogP contribution in [0.4, 0.5) is 21.0 Å². The summed E-state index contributed by atoms with van der Waals surface area (Å²) in [5, 5.41) is 8.36. The van der Waals surface area contributed by atoms with E-state index in [0.29, 0.717) is 11.4 Å². The number of urea groups is 1. The van der Waals surface area contributed by atoms with Gasteiger partial charge in [0.15, 0.2) is 0 Å². The molecule has 150 valence electrons. The van der Waals surface area contributed by atoms with E-state index in [2.05, 4.69) is 35.0 Å². The number of ether oxygens (including phenoxy) is 1. The third kappa shape index (κ3) is 6.95. The quantitative estimate of drug-likeness (QED) is 0.640. The van der Waals surface area contributed by atoms with Gasteiger partial charge in [0.25, 0.3) is 0 Å². The predicted octanol–water partition coefficient (Wildman–Crippen LogP) is 5.48. The van der Waals surface area contributed by atoms with Crippen LogP contribution in [0, 0.1) is 0 Å². The predicted molar refractivity (Wildman–Crippen MR) is 113 cm³/mol. The number of benzene rings is 2. The van der Waals surface area contributed by atoms with Gasteiger partial charge in [-0.3, -0.25) is 5.32 Å². The van der Waals surface area contributed by atoms with Crippen LogP contribution in [0.1, 0.15) is 51.8 Å². The highest BCUT2D eigenvalue weighted by molar-refractivity contribution is 5.90. The molecule has 0 spiro atoms. The molecule has 2 aromatic carbocycles. The Morgan fingerprint density at radius 1 is 0.929 bits per heavy atom. The van der Waals surface area contributed by atoms with Crippen molar-refractivity contribution in [2.24, 2.45) is 0 Å². The molecular weight excluding hydrogens is 354 g/mol. The van der Waals surface area contributed by atoms with Crippen LogP contribution in [0.3, 0.4) is 0 Å². The molecule has 0 aliphatic rings. The van der Waals surface area contributed by atoms with Gasteiger partial charge >= 0.3 is 12.1 Å². The highest BCUT2D eigenvalue weighted by Crippen LogP contribution is 2.17. The van der Waals surface area contributed by atoms with Crippen LogP contribution in [0.15, 0.2) is 48.5 Å². The second kappa shape index (κ2) is 9.26. The number of anilines is 2. The lowest BCUT2D eigenvalue weighted by Crippen LogP contribution is -2.31. The second-order valence-electron chi connectivity index (χ2n) is 7.62. The standard InChI is InChI=1S/C22H29N3O3/c1-6-16-7-9-17(10-8-16)15(2)23-20(26)24-18-11-13-19(14-12-18)25-21(27)28-22(3,4)5/h7-15H,6H2,1-5H3,(H,25,27)(H2,23,24,26). The van der Waals surface area contributed by atoms with Gasteiger partial charge < -0.3 is 15.4 Å². The lowest BCUT2D eigenvalue weighted by Gasteiger charge is -2.19. The van der Waals surface area contributed by atoms with Gasteiger partial charge in [-0.1, -0.05) is 31.2 Å². The molecule has 1 unspecified atom stereocenters. The minimum atomic E-state index is -0.558. The first kappa shape index (κ1) is 21.3. The van der Waals surface area contributed by atoms with E-state index in [1.165, 1.54) is 5.56 Å². The molecule has 0 fully saturated rings. The lowest BCUT2D eigenvalue weighted by molar-refractivity contribution is 0.0636. The summed E-state index contributed by atoms with van der Waals surface area (Å²) in [5.41, 5.74) is 2.96. The minimum absolute atomic E-state index is 0.112. The number of nitrogens with one attached hydrogen (secondary N) is 3. The first-order chi connectivity index (χ1) is 13.2. The Morgan fingerprint density at radius 2 is 1.46 bits per heavy atom. The topological polar surface area (TPSA) is 79.5 Å². The van der Waals surface area contributed by atoms with E-state index >= 15 is 0 Å². The number of hydrogen-bond acceptors (Lipinski definition) is 3. The van der Waals surface area contributed by atoms with Crippen molar-refractivity contribution in [2.45, 2.75) is 52.7 Å². The summed E-state index contributed by atoms with van der Waals surface area (Å²) < 4.78 is 5.21. The van der Waals surface area contributed by atoms with Gasteiger partial charge in [-0.15, -0.1) is 0 Å². The third-order valence-electron chi connectivity index (χ3n) is 4.02. The zero-order valence-electron chi connectivity index (χ0n) is 17.1. The van der Waals surface area contributed by atoms with Gasteiger partial charge in [0.05, 0.1) is 6.04 Å². The molecular formula is C22H29N3O3. The molecule has 28 heavy (non-hydrogen) atoms. The molecule has 0 saturated carbocycles. The SMILES string of the molecule is CCc1ccc(C(C)NC(=O)Nc2ccc(NC(=O)OC(C)(C)C)cc2)cc1. The van der Waals surface area contributed by atoms with Gasteiger partial charge in [0, 0.05) is 11.4 Å². The molecule has 6 nitrogen and oxygen atoms in total. The van der Waals surface area contributed by atoms with E-state index in [1.54, 1.807) is 45.0 Å². The Kier molecular flexibility index (Phi) is 7.04. The molecule has 0 saturated heterocycles. The first-order valence-electron chi connectivity index (χ1n) is 9.42. The van der Waals surface area contributed by atoms with Gasteiger partial charge in [0.2, 0.25) is 0 Å². The van der Waals surface area contributed by atoms with Crippen LogP contribution in [-0.2, 0) is 11.2 Å². The normalized spacial score (nSPS) is 12.0. The van der Waals surface area contributed by atoms with Crippen LogP contribution in [0.5, 0.6) is 0 Å². The average molecular weight is 383 g/mol. The van der Waals surface area contributed by atoms with Gasteiger partial charge in [-0.2, -0.15) is 0 Å². The van der Waals surface area contributed by atoms with Gasteiger partial charge in [-0.25, -0.2) is 9.59 Å². The number of carbonyl (C=O) groups is 2. The van der Waals surface area contributed by atoms with Crippen molar-refractivity contribution in [3.05, 3.63) is 59.7 Å². The van der Waals surface area contributed by atoms with E-state index in [4.69, 9.17) is 4.74 Å². The Hall–Kier alpha value is -3.02. The van der Waals surface area contributed by atoms with Crippen molar-refractivity contribution >= 4 is 23.5 Å². The largest absolute Gasteiger partial charge is 0.444 e. The summed E-state index contributed by atoms with van der Waals surface area (Å²) in [7, 11) is 0. The van der Waals surface area contributed by atoms with Gasteiger partial charge in [-0.05, 0) is 69.5 Å². The second-order valence-corrected chi connectivity index (χ2v) is 7.62. The Balaban J connectivity index is 1.87. The van der Waals surface area contributed by atoms with E-state index in [0.717, 1.165) is 12.0 Å². The molecule has 1 atom stereocenters. The number of aryl methyl sites for hydroxylation is 1. The van der Waals surface area contributed by atoms with Crippen molar-refractivity contribution in [2.75, 3.05) is 10.6 Å². The van der Waals surface area contributed by atoms with Crippen LogP contribution >= 0.6 is 0 Å². The van der Waals surface area contributed by atoms with Crippen molar-refractivity contribution in [3.8, 4) is 0 Å².